The Hall–Kier alpha value is -1.66. The van der Waals surface area contributed by atoms with Crippen LogP contribution in [-0.2, 0) is 6.54 Å². The highest BCUT2D eigenvalue weighted by Gasteiger charge is 2.12. The van der Waals surface area contributed by atoms with Crippen molar-refractivity contribution in [2.45, 2.75) is 32.9 Å². The summed E-state index contributed by atoms with van der Waals surface area (Å²) in [4.78, 5) is 0. The molecule has 3 N–H and O–H groups in total. The lowest BCUT2D eigenvalue weighted by atomic mass is 10.1. The van der Waals surface area contributed by atoms with Crippen LogP contribution >= 0.6 is 11.3 Å². The molecule has 1 aromatic carbocycles. The molecule has 0 amide bonds. The summed E-state index contributed by atoms with van der Waals surface area (Å²) in [5.41, 5.74) is 0.687. The molecular weight excluding hydrogens is 262 g/mol. The number of benzene rings is 1. The Labute approximate surface area is 115 Å². The molecule has 0 aliphatic rings. The van der Waals surface area contributed by atoms with Gasteiger partial charge >= 0.3 is 0 Å². The van der Waals surface area contributed by atoms with Crippen molar-refractivity contribution in [2.75, 3.05) is 0 Å². The summed E-state index contributed by atoms with van der Waals surface area (Å²) < 4.78 is 0. The van der Waals surface area contributed by atoms with Gasteiger partial charge in [-0.25, -0.2) is 0 Å². The minimum Gasteiger partial charge on any atom is -0.508 e. The molecule has 0 fully saturated rings. The average Bonchev–Trinajstić information content (AvgIpc) is 2.72. The minimum absolute atomic E-state index is 0.0135. The van der Waals surface area contributed by atoms with Crippen molar-refractivity contribution in [3.8, 4) is 22.1 Å². The van der Waals surface area contributed by atoms with Gasteiger partial charge in [-0.15, -0.1) is 10.2 Å². The topological polar surface area (TPSA) is 78.3 Å². The van der Waals surface area contributed by atoms with Crippen molar-refractivity contribution in [1.29, 1.82) is 0 Å². The maximum absolute atomic E-state index is 9.46. The molecule has 0 saturated heterocycles. The highest BCUT2D eigenvalue weighted by Crippen LogP contribution is 2.30. The molecule has 1 aromatic heterocycles. The quantitative estimate of drug-likeness (QED) is 0.804. The average molecular weight is 279 g/mol. The molecular formula is C13H17N3O2S. The molecule has 2 rings (SSSR count). The summed E-state index contributed by atoms with van der Waals surface area (Å²) in [6.07, 6.45) is 0. The Morgan fingerprint density at radius 2 is 1.74 bits per heavy atom. The van der Waals surface area contributed by atoms with Gasteiger partial charge in [-0.1, -0.05) is 11.3 Å². The van der Waals surface area contributed by atoms with E-state index in [1.54, 1.807) is 12.1 Å². The fraction of sp³-hybridized carbons (Fsp3) is 0.385. The number of hydrogen-bond donors (Lipinski definition) is 3. The molecule has 0 saturated carbocycles. The Balaban J connectivity index is 2.16. The van der Waals surface area contributed by atoms with E-state index in [2.05, 4.69) is 36.3 Å². The zero-order valence-corrected chi connectivity index (χ0v) is 12.0. The first-order chi connectivity index (χ1) is 8.83. The number of aromatic hydroxyl groups is 2. The molecule has 0 atom stereocenters. The van der Waals surface area contributed by atoms with Crippen molar-refractivity contribution in [3.63, 3.8) is 0 Å². The number of rotatable bonds is 3. The molecule has 0 radical (unpaired) electrons. The maximum Gasteiger partial charge on any atom is 0.148 e. The summed E-state index contributed by atoms with van der Waals surface area (Å²) in [7, 11) is 0. The van der Waals surface area contributed by atoms with Crippen LogP contribution in [0.1, 0.15) is 25.8 Å². The molecule has 1 heterocycles. The predicted molar refractivity (Wildman–Crippen MR) is 75.3 cm³/mol. The number of nitrogens with zero attached hydrogens (tertiary/aromatic N) is 2. The molecule has 5 nitrogen and oxygen atoms in total. The van der Waals surface area contributed by atoms with E-state index in [-0.39, 0.29) is 17.0 Å². The maximum atomic E-state index is 9.46. The van der Waals surface area contributed by atoms with E-state index in [1.807, 2.05) is 0 Å². The molecule has 102 valence electrons. The third kappa shape index (κ3) is 3.90. The fourth-order valence-electron chi connectivity index (χ4n) is 1.50. The van der Waals surface area contributed by atoms with Crippen LogP contribution in [0.3, 0.4) is 0 Å². The largest absolute Gasteiger partial charge is 0.508 e. The third-order valence-electron chi connectivity index (χ3n) is 2.39. The zero-order valence-electron chi connectivity index (χ0n) is 11.1. The second kappa shape index (κ2) is 5.14. The summed E-state index contributed by atoms with van der Waals surface area (Å²) in [5, 5.41) is 32.0. The molecule has 19 heavy (non-hydrogen) atoms. The third-order valence-corrected chi connectivity index (χ3v) is 3.36. The SMILES string of the molecule is CC(C)(C)NCc1nnc(-c2cc(O)cc(O)c2)s1. The van der Waals surface area contributed by atoms with E-state index in [0.29, 0.717) is 17.1 Å². The van der Waals surface area contributed by atoms with Crippen LogP contribution < -0.4 is 5.32 Å². The second-order valence-electron chi connectivity index (χ2n) is 5.34. The zero-order chi connectivity index (χ0) is 14.0. The van der Waals surface area contributed by atoms with Crippen molar-refractivity contribution in [3.05, 3.63) is 23.2 Å². The smallest absolute Gasteiger partial charge is 0.148 e. The van der Waals surface area contributed by atoms with Gasteiger partial charge < -0.3 is 15.5 Å². The monoisotopic (exact) mass is 279 g/mol. The molecule has 0 spiro atoms. The van der Waals surface area contributed by atoms with Gasteiger partial charge in [0.15, 0.2) is 0 Å². The fourth-order valence-corrected chi connectivity index (χ4v) is 2.27. The number of aromatic nitrogens is 2. The second-order valence-corrected chi connectivity index (χ2v) is 6.40. The van der Waals surface area contributed by atoms with Crippen molar-refractivity contribution < 1.29 is 10.2 Å². The Morgan fingerprint density at radius 3 is 2.32 bits per heavy atom. The number of nitrogens with one attached hydrogen (secondary N) is 1. The Kier molecular flexibility index (Phi) is 3.73. The van der Waals surface area contributed by atoms with Crippen LogP contribution in [0.25, 0.3) is 10.6 Å². The van der Waals surface area contributed by atoms with Gasteiger partial charge in [0.2, 0.25) is 0 Å². The van der Waals surface area contributed by atoms with Gasteiger partial charge in [-0.05, 0) is 32.9 Å². The Morgan fingerprint density at radius 1 is 1.11 bits per heavy atom. The predicted octanol–water partition coefficient (Wildman–Crippen LogP) is 2.50. The summed E-state index contributed by atoms with van der Waals surface area (Å²) >= 11 is 1.44. The van der Waals surface area contributed by atoms with Gasteiger partial charge in [0.25, 0.3) is 0 Å². The summed E-state index contributed by atoms with van der Waals surface area (Å²) in [6, 6.07) is 4.40. The van der Waals surface area contributed by atoms with Crippen LogP contribution in [0.4, 0.5) is 0 Å². The van der Waals surface area contributed by atoms with Crippen molar-refractivity contribution in [2.24, 2.45) is 0 Å². The first-order valence-electron chi connectivity index (χ1n) is 5.94. The number of phenols is 2. The minimum atomic E-state index is 0.0135. The molecule has 0 bridgehead atoms. The highest BCUT2D eigenvalue weighted by molar-refractivity contribution is 7.14. The van der Waals surface area contributed by atoms with Crippen molar-refractivity contribution >= 4 is 11.3 Å². The lowest BCUT2D eigenvalue weighted by Gasteiger charge is -2.19. The van der Waals surface area contributed by atoms with E-state index in [4.69, 9.17) is 0 Å². The summed E-state index contributed by atoms with van der Waals surface area (Å²) in [6.45, 7) is 6.90. The van der Waals surface area contributed by atoms with Crippen LogP contribution in [0.2, 0.25) is 0 Å². The van der Waals surface area contributed by atoms with E-state index >= 15 is 0 Å². The van der Waals surface area contributed by atoms with E-state index in [9.17, 15) is 10.2 Å². The highest BCUT2D eigenvalue weighted by atomic mass is 32.1. The molecule has 0 unspecified atom stereocenters. The normalized spacial score (nSPS) is 11.7. The molecule has 6 heteroatoms. The first-order valence-corrected chi connectivity index (χ1v) is 6.76. The van der Waals surface area contributed by atoms with Gasteiger partial charge in [0.1, 0.15) is 21.5 Å². The van der Waals surface area contributed by atoms with Gasteiger partial charge in [-0.3, -0.25) is 0 Å². The van der Waals surface area contributed by atoms with Gasteiger partial charge in [0, 0.05) is 17.2 Å². The van der Waals surface area contributed by atoms with Crippen molar-refractivity contribution in [1.82, 2.24) is 15.5 Å². The number of phenolic OH excluding ortho intramolecular Hbond substituents is 2. The van der Waals surface area contributed by atoms with Crippen LogP contribution in [0, 0.1) is 0 Å². The van der Waals surface area contributed by atoms with Crippen LogP contribution in [0.15, 0.2) is 18.2 Å². The standard InChI is InChI=1S/C13H17N3O2S/c1-13(2,3)14-7-11-15-16-12(19-11)8-4-9(17)6-10(18)5-8/h4-6,14,17-18H,7H2,1-3H3. The molecule has 0 aliphatic heterocycles. The van der Waals surface area contributed by atoms with Crippen LogP contribution in [0.5, 0.6) is 11.5 Å². The first kappa shape index (κ1) is 13.8. The summed E-state index contributed by atoms with van der Waals surface area (Å²) in [5.74, 6) is 0.0270. The lowest BCUT2D eigenvalue weighted by Crippen LogP contribution is -2.35. The van der Waals surface area contributed by atoms with Gasteiger partial charge in [0.05, 0.1) is 6.54 Å². The van der Waals surface area contributed by atoms with E-state index < -0.39 is 0 Å². The van der Waals surface area contributed by atoms with Crippen LogP contribution in [-0.4, -0.2) is 25.9 Å². The molecule has 0 aliphatic carbocycles. The van der Waals surface area contributed by atoms with E-state index in [0.717, 1.165) is 5.01 Å². The Bertz CT molecular complexity index is 555. The van der Waals surface area contributed by atoms with Gasteiger partial charge in [-0.2, -0.15) is 0 Å². The lowest BCUT2D eigenvalue weighted by molar-refractivity contribution is 0.423. The van der Waals surface area contributed by atoms with E-state index in [1.165, 1.54) is 17.4 Å². The number of hydrogen-bond acceptors (Lipinski definition) is 6. The molecule has 2 aromatic rings.